The smallest absolute Gasteiger partial charge is 0.332 e. The van der Waals surface area contributed by atoms with Crippen molar-refractivity contribution in [2.24, 2.45) is 7.05 Å². The van der Waals surface area contributed by atoms with Crippen LogP contribution in [0.5, 0.6) is 0 Å². The van der Waals surface area contributed by atoms with E-state index in [1.54, 1.807) is 11.9 Å². The van der Waals surface area contributed by atoms with Gasteiger partial charge in [-0.2, -0.15) is 0 Å². The highest BCUT2D eigenvalue weighted by molar-refractivity contribution is 5.39. The number of hydrogen-bond acceptors (Lipinski definition) is 3. The van der Waals surface area contributed by atoms with Gasteiger partial charge >= 0.3 is 5.69 Å². The lowest BCUT2D eigenvalue weighted by Gasteiger charge is -2.24. The standard InChI is InChI=1S/C20H19F2N3O2/c1-23(12-14-6-4-3-5-7-14)18-11-19(26)24(2)20(27)25(18)13-15-8-9-16(21)10-17(15)22/h3-11H,12-13H2,1-2H3. The second kappa shape index (κ2) is 7.57. The van der Waals surface area contributed by atoms with Crippen molar-refractivity contribution >= 4 is 5.82 Å². The summed E-state index contributed by atoms with van der Waals surface area (Å²) in [5.41, 5.74) is 0.131. The number of halogens is 2. The van der Waals surface area contributed by atoms with Crippen molar-refractivity contribution in [3.8, 4) is 0 Å². The third kappa shape index (κ3) is 3.97. The number of nitrogens with zero attached hydrogens (tertiary/aromatic N) is 3. The Kier molecular flexibility index (Phi) is 5.21. The Morgan fingerprint density at radius 1 is 1.00 bits per heavy atom. The van der Waals surface area contributed by atoms with Crippen molar-refractivity contribution in [1.29, 1.82) is 0 Å². The van der Waals surface area contributed by atoms with Gasteiger partial charge in [0.25, 0.3) is 5.56 Å². The first kappa shape index (κ1) is 18.6. The van der Waals surface area contributed by atoms with E-state index in [0.29, 0.717) is 12.4 Å². The van der Waals surface area contributed by atoms with Gasteiger partial charge in [-0.1, -0.05) is 36.4 Å². The molecule has 0 aliphatic heterocycles. The zero-order chi connectivity index (χ0) is 19.6. The predicted molar refractivity (Wildman–Crippen MR) is 100.0 cm³/mol. The molecule has 0 amide bonds. The highest BCUT2D eigenvalue weighted by Gasteiger charge is 2.15. The zero-order valence-corrected chi connectivity index (χ0v) is 15.0. The van der Waals surface area contributed by atoms with Gasteiger partial charge in [0.1, 0.15) is 17.5 Å². The molecule has 0 radical (unpaired) electrons. The first-order chi connectivity index (χ1) is 12.9. The average Bonchev–Trinajstić information content (AvgIpc) is 2.64. The Morgan fingerprint density at radius 3 is 2.37 bits per heavy atom. The van der Waals surface area contributed by atoms with E-state index in [0.717, 1.165) is 22.3 Å². The summed E-state index contributed by atoms with van der Waals surface area (Å²) in [7, 11) is 3.11. The van der Waals surface area contributed by atoms with Crippen molar-refractivity contribution in [3.05, 3.63) is 98.2 Å². The molecule has 140 valence electrons. The quantitative estimate of drug-likeness (QED) is 0.692. The van der Waals surface area contributed by atoms with Gasteiger partial charge in [0.05, 0.1) is 6.54 Å². The topological polar surface area (TPSA) is 47.2 Å². The molecule has 0 fully saturated rings. The van der Waals surface area contributed by atoms with E-state index in [9.17, 15) is 18.4 Å². The molecule has 0 N–H and O–H groups in total. The molecular formula is C20H19F2N3O2. The van der Waals surface area contributed by atoms with Crippen LogP contribution in [0, 0.1) is 11.6 Å². The molecule has 0 saturated carbocycles. The van der Waals surface area contributed by atoms with E-state index >= 15 is 0 Å². The summed E-state index contributed by atoms with van der Waals surface area (Å²) < 4.78 is 29.5. The third-order valence-electron chi connectivity index (χ3n) is 4.37. The largest absolute Gasteiger partial charge is 0.356 e. The first-order valence-corrected chi connectivity index (χ1v) is 8.36. The second-order valence-corrected chi connectivity index (χ2v) is 6.35. The molecule has 0 saturated heterocycles. The van der Waals surface area contributed by atoms with Gasteiger partial charge < -0.3 is 4.90 Å². The van der Waals surface area contributed by atoms with Gasteiger partial charge in [-0.15, -0.1) is 0 Å². The predicted octanol–water partition coefficient (Wildman–Crippen LogP) is 2.51. The van der Waals surface area contributed by atoms with E-state index in [1.807, 2.05) is 30.3 Å². The van der Waals surface area contributed by atoms with Crippen LogP contribution in [0.25, 0.3) is 0 Å². The fraction of sp³-hybridized carbons (Fsp3) is 0.200. The Balaban J connectivity index is 2.05. The van der Waals surface area contributed by atoms with Gasteiger partial charge in [-0.25, -0.2) is 13.6 Å². The van der Waals surface area contributed by atoms with Crippen LogP contribution >= 0.6 is 0 Å². The van der Waals surface area contributed by atoms with Crippen LogP contribution < -0.4 is 16.1 Å². The summed E-state index contributed by atoms with van der Waals surface area (Å²) in [6.07, 6.45) is 0. The molecule has 1 heterocycles. The fourth-order valence-corrected chi connectivity index (χ4v) is 2.88. The van der Waals surface area contributed by atoms with E-state index in [4.69, 9.17) is 0 Å². The molecule has 0 atom stereocenters. The fourth-order valence-electron chi connectivity index (χ4n) is 2.88. The summed E-state index contributed by atoms with van der Waals surface area (Å²) in [5, 5.41) is 0. The second-order valence-electron chi connectivity index (χ2n) is 6.35. The van der Waals surface area contributed by atoms with Crippen LogP contribution in [0.15, 0.2) is 64.2 Å². The lowest BCUT2D eigenvalue weighted by Crippen LogP contribution is -2.40. The van der Waals surface area contributed by atoms with Crippen LogP contribution in [-0.4, -0.2) is 16.2 Å². The first-order valence-electron chi connectivity index (χ1n) is 8.36. The molecule has 0 bridgehead atoms. The molecule has 3 rings (SSSR count). The summed E-state index contributed by atoms with van der Waals surface area (Å²) in [6, 6.07) is 14.1. The molecule has 0 aliphatic carbocycles. The van der Waals surface area contributed by atoms with E-state index < -0.39 is 22.9 Å². The minimum atomic E-state index is -0.743. The van der Waals surface area contributed by atoms with Crippen LogP contribution in [0.2, 0.25) is 0 Å². The molecule has 5 nitrogen and oxygen atoms in total. The van der Waals surface area contributed by atoms with Crippen LogP contribution in [0.3, 0.4) is 0 Å². The van der Waals surface area contributed by atoms with E-state index in [2.05, 4.69) is 0 Å². The molecule has 0 spiro atoms. The molecule has 0 aliphatic rings. The molecular weight excluding hydrogens is 352 g/mol. The normalized spacial score (nSPS) is 10.8. The molecule has 2 aromatic carbocycles. The number of benzene rings is 2. The Bertz CT molecular complexity index is 1070. The molecule has 0 unspecified atom stereocenters. The third-order valence-corrected chi connectivity index (χ3v) is 4.37. The lowest BCUT2D eigenvalue weighted by atomic mass is 10.2. The number of hydrogen-bond donors (Lipinski definition) is 0. The maximum absolute atomic E-state index is 14.1. The van der Waals surface area contributed by atoms with Crippen molar-refractivity contribution in [2.75, 3.05) is 11.9 Å². The molecule has 3 aromatic rings. The number of aromatic nitrogens is 2. The Morgan fingerprint density at radius 2 is 1.70 bits per heavy atom. The Hall–Kier alpha value is -3.22. The SMILES string of the molecule is CN(Cc1ccccc1)c1cc(=O)n(C)c(=O)n1Cc1ccc(F)cc1F. The maximum atomic E-state index is 14.1. The van der Waals surface area contributed by atoms with Gasteiger partial charge in [0.2, 0.25) is 0 Å². The maximum Gasteiger partial charge on any atom is 0.332 e. The number of anilines is 1. The average molecular weight is 371 g/mol. The van der Waals surface area contributed by atoms with Crippen LogP contribution in [-0.2, 0) is 20.1 Å². The van der Waals surface area contributed by atoms with Gasteiger partial charge in [0.15, 0.2) is 0 Å². The highest BCUT2D eigenvalue weighted by atomic mass is 19.1. The zero-order valence-electron chi connectivity index (χ0n) is 15.0. The monoisotopic (exact) mass is 371 g/mol. The number of rotatable bonds is 5. The van der Waals surface area contributed by atoms with Gasteiger partial charge in [0, 0.05) is 38.3 Å². The molecule has 27 heavy (non-hydrogen) atoms. The molecule has 7 heteroatoms. The summed E-state index contributed by atoms with van der Waals surface area (Å²) in [5.74, 6) is -1.08. The van der Waals surface area contributed by atoms with Crippen molar-refractivity contribution in [2.45, 2.75) is 13.1 Å². The van der Waals surface area contributed by atoms with Gasteiger partial charge in [-0.05, 0) is 11.6 Å². The van der Waals surface area contributed by atoms with E-state index in [1.165, 1.54) is 23.7 Å². The molecule has 1 aromatic heterocycles. The van der Waals surface area contributed by atoms with Gasteiger partial charge in [-0.3, -0.25) is 13.9 Å². The van der Waals surface area contributed by atoms with Crippen molar-refractivity contribution in [1.82, 2.24) is 9.13 Å². The Labute approximate surface area is 154 Å². The van der Waals surface area contributed by atoms with E-state index in [-0.39, 0.29) is 12.1 Å². The van der Waals surface area contributed by atoms with Crippen molar-refractivity contribution in [3.63, 3.8) is 0 Å². The summed E-state index contributed by atoms with van der Waals surface area (Å²) in [4.78, 5) is 26.5. The minimum Gasteiger partial charge on any atom is -0.356 e. The summed E-state index contributed by atoms with van der Waals surface area (Å²) in [6.45, 7) is 0.340. The minimum absolute atomic E-state index is 0.118. The van der Waals surface area contributed by atoms with Crippen molar-refractivity contribution < 1.29 is 8.78 Å². The lowest BCUT2D eigenvalue weighted by molar-refractivity contribution is 0.556. The summed E-state index contributed by atoms with van der Waals surface area (Å²) >= 11 is 0. The van der Waals surface area contributed by atoms with Crippen LogP contribution in [0.1, 0.15) is 11.1 Å². The highest BCUT2D eigenvalue weighted by Crippen LogP contribution is 2.16. The van der Waals surface area contributed by atoms with Crippen LogP contribution in [0.4, 0.5) is 14.6 Å².